The van der Waals surface area contributed by atoms with Crippen molar-refractivity contribution in [1.29, 1.82) is 0 Å². The van der Waals surface area contributed by atoms with E-state index in [2.05, 4.69) is 14.2 Å². The molecular weight excluding hydrogens is 700 g/mol. The number of esters is 2. The van der Waals surface area contributed by atoms with Crippen LogP contribution < -0.4 is 0 Å². The van der Waals surface area contributed by atoms with Crippen molar-refractivity contribution >= 4 is 79.7 Å². The minimum Gasteiger partial charge on any atom is -0.461 e. The van der Waals surface area contributed by atoms with Gasteiger partial charge < -0.3 is 14.2 Å². The number of rotatable bonds is 9. The van der Waals surface area contributed by atoms with Crippen LogP contribution in [-0.4, -0.2) is 42.5 Å². The first-order valence-corrected chi connectivity index (χ1v) is 9.92. The minimum absolute atomic E-state index is 0.446. The number of carbonyl (C=O) groups excluding carboxylic acids is 2. The molecule has 0 fully saturated rings. The van der Waals surface area contributed by atoms with E-state index < -0.39 is 55.3 Å². The van der Waals surface area contributed by atoms with Crippen molar-refractivity contribution in [2.24, 2.45) is 0 Å². The molecule has 2 unspecified atom stereocenters. The topological polar surface area (TPSA) is 61.8 Å². The minimum atomic E-state index is -5.49. The molecule has 0 heterocycles. The SMILES string of the molecule is CCOC(=O)C(OCCC(F)(I)C(F)(I)I)(OC(=O)CC)C(F)(F)F. The molecule has 5 nitrogen and oxygen atoms in total. The Morgan fingerprint density at radius 1 is 1.00 bits per heavy atom. The average Bonchev–Trinajstić information content (AvgIpc) is 2.43. The smallest absolute Gasteiger partial charge is 0.461 e. The van der Waals surface area contributed by atoms with Gasteiger partial charge in [-0.25, -0.2) is 13.6 Å². The largest absolute Gasteiger partial charge is 0.468 e. The van der Waals surface area contributed by atoms with Crippen molar-refractivity contribution in [3.63, 3.8) is 0 Å². The number of carbonyl (C=O) groups is 2. The van der Waals surface area contributed by atoms with Crippen molar-refractivity contribution in [3.8, 4) is 0 Å². The van der Waals surface area contributed by atoms with Crippen LogP contribution in [0.4, 0.5) is 22.0 Å². The molecule has 0 saturated carbocycles. The standard InChI is InChI=1S/C12H14F5I3O5/c1-3-7(21)25-10(11(14,15)16,8(22)23-4-2)24-6-5-9(13,18)12(17,19)20/h3-6H2,1-2H3. The van der Waals surface area contributed by atoms with Crippen LogP contribution in [0.2, 0.25) is 0 Å². The van der Waals surface area contributed by atoms with Gasteiger partial charge in [-0.3, -0.25) is 4.79 Å². The van der Waals surface area contributed by atoms with Gasteiger partial charge in [-0.05, 0) is 74.7 Å². The number of alkyl halides is 8. The maximum absolute atomic E-state index is 14.2. The molecule has 13 heteroatoms. The van der Waals surface area contributed by atoms with E-state index in [1.54, 1.807) is 0 Å². The molecule has 25 heavy (non-hydrogen) atoms. The summed E-state index contributed by atoms with van der Waals surface area (Å²) < 4.78 is 76.0. The highest BCUT2D eigenvalue weighted by Gasteiger charge is 2.68. The van der Waals surface area contributed by atoms with E-state index in [0.717, 1.165) is 67.8 Å². The maximum Gasteiger partial charge on any atom is 0.468 e. The molecule has 0 aromatic heterocycles. The lowest BCUT2D eigenvalue weighted by Crippen LogP contribution is -2.58. The summed E-state index contributed by atoms with van der Waals surface area (Å²) >= 11 is 3.34. The second-order valence-corrected chi connectivity index (χ2v) is 11.2. The molecule has 0 spiro atoms. The van der Waals surface area contributed by atoms with Gasteiger partial charge in [-0.2, -0.15) is 13.2 Å². The van der Waals surface area contributed by atoms with E-state index >= 15 is 0 Å². The van der Waals surface area contributed by atoms with E-state index in [1.165, 1.54) is 13.8 Å². The Balaban J connectivity index is 5.57. The third-order valence-electron chi connectivity index (χ3n) is 2.60. The van der Waals surface area contributed by atoms with Gasteiger partial charge in [0.2, 0.25) is 3.68 Å². The van der Waals surface area contributed by atoms with Gasteiger partial charge in [0.25, 0.3) is 1.68 Å². The summed E-state index contributed by atoms with van der Waals surface area (Å²) in [6.07, 6.45) is -6.82. The Morgan fingerprint density at radius 2 is 1.52 bits per heavy atom. The van der Waals surface area contributed by atoms with Crippen LogP contribution in [0, 0.1) is 0 Å². The lowest BCUT2D eigenvalue weighted by molar-refractivity contribution is -0.356. The molecule has 0 aliphatic heterocycles. The lowest BCUT2D eigenvalue weighted by atomic mass is 10.2. The molecule has 0 aromatic rings. The van der Waals surface area contributed by atoms with Gasteiger partial charge in [0.1, 0.15) is 0 Å². The first-order chi connectivity index (χ1) is 11.1. The number of ether oxygens (including phenoxy) is 3. The highest BCUT2D eigenvalue weighted by atomic mass is 127. The number of halogens is 8. The summed E-state index contributed by atoms with van der Waals surface area (Å²) in [4.78, 5) is 23.2. The molecule has 0 saturated heterocycles. The molecule has 0 bridgehead atoms. The predicted molar refractivity (Wildman–Crippen MR) is 102 cm³/mol. The van der Waals surface area contributed by atoms with E-state index in [4.69, 9.17) is 0 Å². The van der Waals surface area contributed by atoms with Gasteiger partial charge in [0.15, 0.2) is 0 Å². The first kappa shape index (κ1) is 25.7. The Labute approximate surface area is 181 Å². The van der Waals surface area contributed by atoms with Gasteiger partial charge in [-0.1, -0.05) is 6.92 Å². The second-order valence-electron chi connectivity index (χ2n) is 4.46. The van der Waals surface area contributed by atoms with Crippen LogP contribution in [0.1, 0.15) is 26.7 Å². The zero-order chi connectivity index (χ0) is 20.1. The number of hydrogen-bond acceptors (Lipinski definition) is 5. The fraction of sp³-hybridized carbons (Fsp3) is 0.833. The highest BCUT2D eigenvalue weighted by Crippen LogP contribution is 2.50. The van der Waals surface area contributed by atoms with Crippen molar-refractivity contribution in [2.45, 2.75) is 44.0 Å². The Morgan fingerprint density at radius 3 is 1.88 bits per heavy atom. The van der Waals surface area contributed by atoms with Crippen LogP contribution in [0.25, 0.3) is 0 Å². The van der Waals surface area contributed by atoms with Crippen LogP contribution >= 0.6 is 67.8 Å². The predicted octanol–water partition coefficient (Wildman–Crippen LogP) is 4.76. The molecule has 0 aliphatic carbocycles. The molecule has 0 radical (unpaired) electrons. The Bertz CT molecular complexity index is 481. The lowest BCUT2D eigenvalue weighted by Gasteiger charge is -2.33. The fourth-order valence-corrected chi connectivity index (χ4v) is 2.07. The average molecular weight is 714 g/mol. The zero-order valence-electron chi connectivity index (χ0n) is 12.9. The maximum atomic E-state index is 14.2. The van der Waals surface area contributed by atoms with Crippen molar-refractivity contribution < 1.29 is 45.8 Å². The molecular formula is C12H14F5I3O5. The third kappa shape index (κ3) is 7.00. The zero-order valence-corrected chi connectivity index (χ0v) is 19.4. The van der Waals surface area contributed by atoms with Gasteiger partial charge >= 0.3 is 23.9 Å². The molecule has 0 aromatic carbocycles. The van der Waals surface area contributed by atoms with Crippen molar-refractivity contribution in [1.82, 2.24) is 0 Å². The van der Waals surface area contributed by atoms with E-state index in [-0.39, 0.29) is 0 Å². The van der Waals surface area contributed by atoms with Crippen LogP contribution in [0.15, 0.2) is 0 Å². The Hall–Kier alpha value is 0.740. The second kappa shape index (κ2) is 9.79. The summed E-state index contributed by atoms with van der Waals surface area (Å²) in [6.45, 7) is 0.932. The summed E-state index contributed by atoms with van der Waals surface area (Å²) in [7, 11) is 0. The van der Waals surface area contributed by atoms with E-state index in [0.29, 0.717) is 0 Å². The summed E-state index contributed by atoms with van der Waals surface area (Å²) in [5, 5.41) is 0. The fourth-order valence-electron chi connectivity index (χ4n) is 1.31. The molecule has 0 N–H and O–H groups in total. The molecule has 0 aliphatic rings. The van der Waals surface area contributed by atoms with Crippen LogP contribution in [0.3, 0.4) is 0 Å². The van der Waals surface area contributed by atoms with Gasteiger partial charge in [-0.15, -0.1) is 0 Å². The summed E-state index contributed by atoms with van der Waals surface area (Å²) in [6, 6.07) is 0. The third-order valence-corrected chi connectivity index (χ3v) is 7.66. The van der Waals surface area contributed by atoms with E-state index in [9.17, 15) is 31.5 Å². The monoisotopic (exact) mass is 714 g/mol. The van der Waals surface area contributed by atoms with Gasteiger partial charge in [0.05, 0.1) is 13.2 Å². The summed E-state index contributed by atoms with van der Waals surface area (Å²) in [5.41, 5.74) is 0. The van der Waals surface area contributed by atoms with Crippen molar-refractivity contribution in [3.05, 3.63) is 0 Å². The molecule has 0 amide bonds. The Kier molecular flexibility index (Phi) is 10.1. The quantitative estimate of drug-likeness (QED) is 0.114. The first-order valence-electron chi connectivity index (χ1n) is 6.69. The number of hydrogen-bond donors (Lipinski definition) is 0. The molecule has 148 valence electrons. The molecule has 0 rings (SSSR count). The van der Waals surface area contributed by atoms with Crippen LogP contribution in [-0.2, 0) is 23.8 Å². The van der Waals surface area contributed by atoms with Crippen molar-refractivity contribution in [2.75, 3.05) is 13.2 Å². The van der Waals surface area contributed by atoms with E-state index in [1.807, 2.05) is 0 Å². The normalized spacial score (nSPS) is 17.4. The summed E-state index contributed by atoms with van der Waals surface area (Å²) in [5.74, 6) is -7.43. The van der Waals surface area contributed by atoms with Crippen LogP contribution in [0.5, 0.6) is 0 Å². The highest BCUT2D eigenvalue weighted by molar-refractivity contribution is 14.2. The molecule has 2 atom stereocenters. The van der Waals surface area contributed by atoms with Gasteiger partial charge in [0, 0.05) is 12.8 Å².